The summed E-state index contributed by atoms with van der Waals surface area (Å²) in [6, 6.07) is 11.0. The predicted molar refractivity (Wildman–Crippen MR) is 132 cm³/mol. The number of halogens is 2. The fourth-order valence-corrected chi connectivity index (χ4v) is 3.65. The van der Waals surface area contributed by atoms with Gasteiger partial charge in [-0.05, 0) is 75.4 Å². The van der Waals surface area contributed by atoms with E-state index in [0.717, 1.165) is 5.56 Å². The number of carbonyl (C=O) groups excluding carboxylic acids is 2. The number of amides is 1. The molecule has 0 aliphatic rings. The normalized spacial score (nSPS) is 12.7. The Morgan fingerprint density at radius 1 is 1.20 bits per heavy atom. The third-order valence-electron chi connectivity index (χ3n) is 4.95. The van der Waals surface area contributed by atoms with Crippen LogP contribution >= 0.6 is 11.6 Å². The lowest BCUT2D eigenvalue weighted by molar-refractivity contribution is -0.148. The second kappa shape index (κ2) is 13.0. The van der Waals surface area contributed by atoms with Crippen LogP contribution in [0.2, 0.25) is 5.02 Å². The highest BCUT2D eigenvalue weighted by Gasteiger charge is 2.27. The number of azide groups is 1. The van der Waals surface area contributed by atoms with Gasteiger partial charge in [-0.2, -0.15) is 0 Å². The number of ether oxygens (including phenoxy) is 2. The summed E-state index contributed by atoms with van der Waals surface area (Å²) in [5.74, 6) is -1.64. The van der Waals surface area contributed by atoms with E-state index < -0.39 is 29.6 Å². The molecule has 188 valence electrons. The topological polar surface area (TPSA) is 113 Å². The molecule has 0 saturated heterocycles. The van der Waals surface area contributed by atoms with Gasteiger partial charge in [-0.25, -0.2) is 9.18 Å². The van der Waals surface area contributed by atoms with E-state index in [1.807, 2.05) is 12.1 Å². The van der Waals surface area contributed by atoms with Crippen LogP contribution in [0.3, 0.4) is 0 Å². The number of nitrogens with zero attached hydrogens (tertiary/aromatic N) is 3. The first-order valence-electron chi connectivity index (χ1n) is 11.2. The molecule has 0 fully saturated rings. The highest BCUT2D eigenvalue weighted by atomic mass is 35.5. The summed E-state index contributed by atoms with van der Waals surface area (Å²) >= 11 is 6.01. The molecular formula is C25H30ClFN4O4. The van der Waals surface area contributed by atoms with Crippen molar-refractivity contribution in [2.75, 3.05) is 13.2 Å². The van der Waals surface area contributed by atoms with E-state index in [4.69, 9.17) is 26.6 Å². The molecule has 0 aliphatic heterocycles. The Morgan fingerprint density at radius 2 is 1.89 bits per heavy atom. The van der Waals surface area contributed by atoms with E-state index in [2.05, 4.69) is 15.3 Å². The molecule has 2 aromatic rings. The van der Waals surface area contributed by atoms with Crippen LogP contribution in [0.5, 0.6) is 0 Å². The summed E-state index contributed by atoms with van der Waals surface area (Å²) in [5, 5.41) is 6.76. The Kier molecular flexibility index (Phi) is 10.4. The molecule has 0 aromatic heterocycles. The average molecular weight is 505 g/mol. The predicted octanol–water partition coefficient (Wildman–Crippen LogP) is 6.46. The maximum atomic E-state index is 14.2. The Hall–Kier alpha value is -3.29. The molecule has 0 heterocycles. The zero-order chi connectivity index (χ0) is 26.0. The van der Waals surface area contributed by atoms with E-state index in [-0.39, 0.29) is 25.4 Å². The standard InChI is InChI=1S/C25H30ClFN4O4/c1-5-34-23(32)18(15-29-31-28)13-20(30-24(33)35-25(2,3)4)12-16-6-8-17(9-7-16)21-14-19(26)10-11-22(21)27/h6-11,14,18,20H,5,12-13,15H2,1-4H3,(H,30,33)/t18-,20+/m0/s1. The van der Waals surface area contributed by atoms with Crippen molar-refractivity contribution in [2.24, 2.45) is 11.0 Å². The minimum Gasteiger partial charge on any atom is -0.466 e. The van der Waals surface area contributed by atoms with Gasteiger partial charge in [0, 0.05) is 28.1 Å². The quantitative estimate of drug-likeness (QED) is 0.173. The van der Waals surface area contributed by atoms with Crippen molar-refractivity contribution in [1.29, 1.82) is 0 Å². The van der Waals surface area contributed by atoms with Crippen LogP contribution in [0, 0.1) is 11.7 Å². The number of alkyl carbamates (subject to hydrolysis) is 1. The average Bonchev–Trinajstić information content (AvgIpc) is 2.77. The first-order chi connectivity index (χ1) is 16.5. The van der Waals surface area contributed by atoms with Crippen molar-refractivity contribution in [3.8, 4) is 11.1 Å². The molecule has 8 nitrogen and oxygen atoms in total. The van der Waals surface area contributed by atoms with E-state index in [1.165, 1.54) is 12.1 Å². The van der Waals surface area contributed by atoms with Gasteiger partial charge in [0.25, 0.3) is 0 Å². The SMILES string of the molecule is CCOC(=O)[C@H](CN=[N+]=[N-])C[C@@H](Cc1ccc(-c2cc(Cl)ccc2F)cc1)NC(=O)OC(C)(C)C. The molecule has 1 N–H and O–H groups in total. The summed E-state index contributed by atoms with van der Waals surface area (Å²) in [7, 11) is 0. The number of benzene rings is 2. The molecule has 35 heavy (non-hydrogen) atoms. The van der Waals surface area contributed by atoms with Gasteiger partial charge in [0.05, 0.1) is 12.5 Å². The van der Waals surface area contributed by atoms with Gasteiger partial charge in [0.15, 0.2) is 0 Å². The van der Waals surface area contributed by atoms with E-state index in [9.17, 15) is 14.0 Å². The largest absolute Gasteiger partial charge is 0.466 e. The molecule has 0 bridgehead atoms. The second-order valence-electron chi connectivity index (χ2n) is 8.97. The Morgan fingerprint density at radius 3 is 2.49 bits per heavy atom. The first-order valence-corrected chi connectivity index (χ1v) is 11.6. The lowest BCUT2D eigenvalue weighted by Crippen LogP contribution is -2.42. The molecule has 0 radical (unpaired) electrons. The van der Waals surface area contributed by atoms with Gasteiger partial charge in [-0.3, -0.25) is 4.79 Å². The van der Waals surface area contributed by atoms with Crippen LogP contribution in [-0.2, 0) is 20.7 Å². The van der Waals surface area contributed by atoms with Gasteiger partial charge in [-0.1, -0.05) is 41.0 Å². The van der Waals surface area contributed by atoms with Crippen molar-refractivity contribution in [3.63, 3.8) is 0 Å². The second-order valence-corrected chi connectivity index (χ2v) is 9.40. The van der Waals surface area contributed by atoms with Crippen LogP contribution < -0.4 is 5.32 Å². The molecule has 0 aliphatic carbocycles. The highest BCUT2D eigenvalue weighted by Crippen LogP contribution is 2.27. The summed E-state index contributed by atoms with van der Waals surface area (Å²) < 4.78 is 24.7. The fourth-order valence-electron chi connectivity index (χ4n) is 3.48. The number of nitrogens with one attached hydrogen (secondary N) is 1. The lowest BCUT2D eigenvalue weighted by atomic mass is 9.94. The van der Waals surface area contributed by atoms with Crippen LogP contribution in [-0.4, -0.2) is 36.9 Å². The van der Waals surface area contributed by atoms with E-state index in [1.54, 1.807) is 45.9 Å². The van der Waals surface area contributed by atoms with Crippen LogP contribution in [0.25, 0.3) is 21.6 Å². The minimum atomic E-state index is -0.745. The molecule has 1 amide bonds. The Labute approximate surface area is 209 Å². The molecule has 2 aromatic carbocycles. The molecule has 0 spiro atoms. The van der Waals surface area contributed by atoms with Crippen LogP contribution in [0.1, 0.15) is 39.7 Å². The smallest absolute Gasteiger partial charge is 0.407 e. The van der Waals surface area contributed by atoms with Crippen molar-refractivity contribution < 1.29 is 23.5 Å². The Bertz CT molecular complexity index is 1070. The summed E-state index contributed by atoms with van der Waals surface area (Å²) in [6.07, 6.45) is -0.114. The molecule has 10 heteroatoms. The zero-order valence-electron chi connectivity index (χ0n) is 20.3. The monoisotopic (exact) mass is 504 g/mol. The van der Waals surface area contributed by atoms with Crippen LogP contribution in [0.4, 0.5) is 9.18 Å². The maximum Gasteiger partial charge on any atom is 0.407 e. The number of carbonyl (C=O) groups is 2. The van der Waals surface area contributed by atoms with Crippen molar-refractivity contribution >= 4 is 23.7 Å². The maximum absolute atomic E-state index is 14.2. The Balaban J connectivity index is 2.26. The number of esters is 1. The molecular weight excluding hydrogens is 475 g/mol. The first kappa shape index (κ1) is 28.0. The highest BCUT2D eigenvalue weighted by molar-refractivity contribution is 6.30. The molecule has 2 rings (SSSR count). The third kappa shape index (κ3) is 9.47. The van der Waals surface area contributed by atoms with Gasteiger partial charge >= 0.3 is 12.1 Å². The number of hydrogen-bond donors (Lipinski definition) is 1. The number of hydrogen-bond acceptors (Lipinski definition) is 5. The summed E-state index contributed by atoms with van der Waals surface area (Å²) in [4.78, 5) is 27.6. The van der Waals surface area contributed by atoms with Gasteiger partial charge in [-0.15, -0.1) is 0 Å². The minimum absolute atomic E-state index is 0.102. The van der Waals surface area contributed by atoms with Crippen LogP contribution in [0.15, 0.2) is 47.6 Å². The molecule has 0 saturated carbocycles. The van der Waals surface area contributed by atoms with Crippen molar-refractivity contribution in [3.05, 3.63) is 69.3 Å². The van der Waals surface area contributed by atoms with E-state index >= 15 is 0 Å². The zero-order valence-corrected chi connectivity index (χ0v) is 21.0. The van der Waals surface area contributed by atoms with Gasteiger partial charge < -0.3 is 14.8 Å². The summed E-state index contributed by atoms with van der Waals surface area (Å²) in [5.41, 5.74) is 9.87. The van der Waals surface area contributed by atoms with Crippen molar-refractivity contribution in [1.82, 2.24) is 5.32 Å². The fraction of sp³-hybridized carbons (Fsp3) is 0.440. The third-order valence-corrected chi connectivity index (χ3v) is 5.19. The van der Waals surface area contributed by atoms with Gasteiger partial charge in [0.1, 0.15) is 11.4 Å². The van der Waals surface area contributed by atoms with Gasteiger partial charge in [0.2, 0.25) is 0 Å². The molecule has 0 unspecified atom stereocenters. The van der Waals surface area contributed by atoms with E-state index in [0.29, 0.717) is 22.6 Å². The lowest BCUT2D eigenvalue weighted by Gasteiger charge is -2.26. The van der Waals surface area contributed by atoms with Crippen molar-refractivity contribution in [2.45, 2.75) is 52.2 Å². The number of rotatable bonds is 10. The molecule has 2 atom stereocenters. The summed E-state index contributed by atoms with van der Waals surface area (Å²) in [6.45, 7) is 7.00.